The van der Waals surface area contributed by atoms with Crippen LogP contribution in [-0.2, 0) is 13.0 Å². The molecular formula is C31H31ClN4O2. The summed E-state index contributed by atoms with van der Waals surface area (Å²) < 4.78 is 6.07. The monoisotopic (exact) mass is 526 g/mol. The molecule has 0 aliphatic carbocycles. The van der Waals surface area contributed by atoms with Gasteiger partial charge in [-0.1, -0.05) is 53.6 Å². The van der Waals surface area contributed by atoms with Gasteiger partial charge in [0.25, 0.3) is 5.91 Å². The molecule has 0 bridgehead atoms. The highest BCUT2D eigenvalue weighted by molar-refractivity contribution is 6.34. The van der Waals surface area contributed by atoms with Crippen molar-refractivity contribution in [3.05, 3.63) is 117 Å². The van der Waals surface area contributed by atoms with E-state index in [0.717, 1.165) is 16.9 Å². The number of nitrogens with two attached hydrogens (primary N) is 1. The van der Waals surface area contributed by atoms with E-state index in [1.165, 1.54) is 11.1 Å². The van der Waals surface area contributed by atoms with Crippen LogP contribution in [0.4, 0.5) is 0 Å². The lowest BCUT2D eigenvalue weighted by Crippen LogP contribution is -2.41. The molecule has 4 rings (SSSR count). The second-order valence-electron chi connectivity index (χ2n) is 9.39. The smallest absolute Gasteiger partial charge is 0.253 e. The molecule has 2 atom stereocenters. The minimum atomic E-state index is -0.304. The molecule has 0 saturated carbocycles. The van der Waals surface area contributed by atoms with Gasteiger partial charge in [0, 0.05) is 24.2 Å². The van der Waals surface area contributed by atoms with Gasteiger partial charge < -0.3 is 20.8 Å². The molecular weight excluding hydrogens is 496 g/mol. The summed E-state index contributed by atoms with van der Waals surface area (Å²) in [6.07, 6.45) is 0.542. The zero-order chi connectivity index (χ0) is 27.1. The van der Waals surface area contributed by atoms with Crippen LogP contribution in [0, 0.1) is 18.3 Å². The largest absolute Gasteiger partial charge is 0.460 e. The van der Waals surface area contributed by atoms with Crippen molar-refractivity contribution >= 4 is 17.5 Å². The number of nitrogens with zero attached hydrogens (tertiary/aromatic N) is 1. The van der Waals surface area contributed by atoms with E-state index in [9.17, 15) is 4.79 Å². The Morgan fingerprint density at radius 3 is 2.47 bits per heavy atom. The normalized spacial score (nSPS) is 12.5. The number of hydrogen-bond donors (Lipinski definition) is 3. The summed E-state index contributed by atoms with van der Waals surface area (Å²) in [5, 5.41) is 15.8. The lowest BCUT2D eigenvalue weighted by Gasteiger charge is -2.18. The van der Waals surface area contributed by atoms with Gasteiger partial charge in [0.1, 0.15) is 11.5 Å². The maximum absolute atomic E-state index is 13.1. The molecule has 1 heterocycles. The van der Waals surface area contributed by atoms with Gasteiger partial charge in [-0.15, -0.1) is 0 Å². The summed E-state index contributed by atoms with van der Waals surface area (Å²) in [5.41, 5.74) is 11.1. The molecule has 0 aliphatic rings. The minimum Gasteiger partial charge on any atom is -0.460 e. The molecule has 7 heteroatoms. The molecule has 3 aromatic carbocycles. The van der Waals surface area contributed by atoms with Crippen molar-refractivity contribution in [3.8, 4) is 17.4 Å². The highest BCUT2D eigenvalue weighted by atomic mass is 35.5. The highest BCUT2D eigenvalue weighted by Gasteiger charge is 2.18. The molecule has 0 fully saturated rings. The zero-order valence-electron chi connectivity index (χ0n) is 21.5. The summed E-state index contributed by atoms with van der Waals surface area (Å²) in [7, 11) is 0. The lowest BCUT2D eigenvalue weighted by molar-refractivity contribution is 0.0938. The van der Waals surface area contributed by atoms with Crippen molar-refractivity contribution in [1.82, 2.24) is 10.6 Å². The maximum atomic E-state index is 13.1. The number of nitriles is 1. The predicted molar refractivity (Wildman–Crippen MR) is 151 cm³/mol. The molecule has 0 saturated heterocycles. The first kappa shape index (κ1) is 27.2. The number of hydrogen-bond acceptors (Lipinski definition) is 5. The van der Waals surface area contributed by atoms with Crippen molar-refractivity contribution in [2.24, 2.45) is 5.73 Å². The number of furan rings is 1. The topological polar surface area (TPSA) is 104 Å². The molecule has 0 radical (unpaired) electrons. The second kappa shape index (κ2) is 12.6. The van der Waals surface area contributed by atoms with Gasteiger partial charge in [0.15, 0.2) is 0 Å². The van der Waals surface area contributed by atoms with Crippen LogP contribution in [0.5, 0.6) is 0 Å². The van der Waals surface area contributed by atoms with Gasteiger partial charge in [-0.25, -0.2) is 0 Å². The Morgan fingerprint density at radius 2 is 1.79 bits per heavy atom. The van der Waals surface area contributed by atoms with Crippen LogP contribution in [0.3, 0.4) is 0 Å². The molecule has 38 heavy (non-hydrogen) atoms. The first-order valence-corrected chi connectivity index (χ1v) is 12.9. The quantitative estimate of drug-likeness (QED) is 0.237. The highest BCUT2D eigenvalue weighted by Crippen LogP contribution is 2.27. The van der Waals surface area contributed by atoms with E-state index in [1.807, 2.05) is 30.3 Å². The Kier molecular flexibility index (Phi) is 8.98. The van der Waals surface area contributed by atoms with Crippen LogP contribution in [-0.4, -0.2) is 18.5 Å². The van der Waals surface area contributed by atoms with Crippen LogP contribution in [0.2, 0.25) is 5.02 Å². The van der Waals surface area contributed by atoms with Crippen molar-refractivity contribution in [2.45, 2.75) is 38.9 Å². The van der Waals surface area contributed by atoms with Crippen molar-refractivity contribution in [2.75, 3.05) is 6.54 Å². The van der Waals surface area contributed by atoms with E-state index >= 15 is 0 Å². The molecule has 1 amide bonds. The second-order valence-corrected chi connectivity index (χ2v) is 9.80. The first-order valence-electron chi connectivity index (χ1n) is 12.5. The minimum absolute atomic E-state index is 0.176. The molecule has 4 aromatic rings. The van der Waals surface area contributed by atoms with E-state index in [1.54, 1.807) is 24.3 Å². The van der Waals surface area contributed by atoms with Crippen molar-refractivity contribution in [1.29, 1.82) is 5.26 Å². The Morgan fingerprint density at radius 1 is 1.05 bits per heavy atom. The number of nitrogens with one attached hydrogen (secondary N) is 2. The summed E-state index contributed by atoms with van der Waals surface area (Å²) in [4.78, 5) is 13.1. The standard InChI is InChI=1S/C31H31ClN4O2/c1-20-3-9-24(10-4-20)21(2)35-19-27-12-14-30(38-27)25-11-13-29(32)28(16-25)31(37)36-26(18-34)15-22-5-7-23(17-33)8-6-22/h3-14,16,21,26,35H,15,18-19,34H2,1-2H3,(H,36,37)/t21-,26-/m1/s1. The Bertz CT molecular complexity index is 1420. The van der Waals surface area contributed by atoms with Gasteiger partial charge >= 0.3 is 0 Å². The van der Waals surface area contributed by atoms with Gasteiger partial charge in [0.2, 0.25) is 0 Å². The van der Waals surface area contributed by atoms with Crippen LogP contribution in [0.1, 0.15) is 51.3 Å². The van der Waals surface area contributed by atoms with Crippen LogP contribution in [0.15, 0.2) is 83.3 Å². The fourth-order valence-corrected chi connectivity index (χ4v) is 4.37. The van der Waals surface area contributed by atoms with Gasteiger partial charge in [-0.05, 0) is 73.9 Å². The summed E-state index contributed by atoms with van der Waals surface area (Å²) in [6, 6.07) is 26.8. The van der Waals surface area contributed by atoms with E-state index in [0.29, 0.717) is 34.9 Å². The first-order chi connectivity index (χ1) is 18.4. The average Bonchev–Trinajstić information content (AvgIpc) is 3.41. The zero-order valence-corrected chi connectivity index (χ0v) is 22.3. The molecule has 1 aromatic heterocycles. The lowest BCUT2D eigenvalue weighted by atomic mass is 10.0. The van der Waals surface area contributed by atoms with Gasteiger partial charge in [-0.3, -0.25) is 4.79 Å². The third-order valence-electron chi connectivity index (χ3n) is 6.50. The van der Waals surface area contributed by atoms with Gasteiger partial charge in [0.05, 0.1) is 28.8 Å². The average molecular weight is 527 g/mol. The SMILES string of the molecule is Cc1ccc([C@@H](C)NCc2ccc(-c3ccc(Cl)c(C(=O)N[C@@H](CN)Cc4ccc(C#N)cc4)c3)o2)cc1. The van der Waals surface area contributed by atoms with Crippen LogP contribution in [0.25, 0.3) is 11.3 Å². The van der Waals surface area contributed by atoms with E-state index < -0.39 is 0 Å². The Hall–Kier alpha value is -3.89. The Labute approximate surface area is 228 Å². The van der Waals surface area contributed by atoms with E-state index in [4.69, 9.17) is 27.0 Å². The summed E-state index contributed by atoms with van der Waals surface area (Å²) in [6.45, 7) is 5.03. The summed E-state index contributed by atoms with van der Waals surface area (Å²) in [5.74, 6) is 1.15. The Balaban J connectivity index is 1.41. The van der Waals surface area contributed by atoms with Crippen LogP contribution < -0.4 is 16.4 Å². The number of rotatable bonds is 10. The third-order valence-corrected chi connectivity index (χ3v) is 6.83. The molecule has 194 valence electrons. The molecule has 0 aliphatic heterocycles. The predicted octanol–water partition coefficient (Wildman–Crippen LogP) is 5.93. The molecule has 0 unspecified atom stereocenters. The maximum Gasteiger partial charge on any atom is 0.253 e. The number of benzene rings is 3. The fourth-order valence-electron chi connectivity index (χ4n) is 4.16. The van der Waals surface area contributed by atoms with Crippen LogP contribution >= 0.6 is 11.6 Å². The molecule has 0 spiro atoms. The molecule has 4 N–H and O–H groups in total. The van der Waals surface area contributed by atoms with E-state index in [-0.39, 0.29) is 24.5 Å². The number of amides is 1. The van der Waals surface area contributed by atoms with E-state index in [2.05, 4.69) is 54.8 Å². The number of carbonyl (C=O) groups excluding carboxylic acids is 1. The van der Waals surface area contributed by atoms with Crippen molar-refractivity contribution < 1.29 is 9.21 Å². The van der Waals surface area contributed by atoms with Gasteiger partial charge in [-0.2, -0.15) is 5.26 Å². The third kappa shape index (κ3) is 6.90. The number of aryl methyl sites for hydroxylation is 1. The number of carbonyl (C=O) groups is 1. The summed E-state index contributed by atoms with van der Waals surface area (Å²) >= 11 is 6.39. The number of halogens is 1. The van der Waals surface area contributed by atoms with Crippen molar-refractivity contribution in [3.63, 3.8) is 0 Å². The molecule has 6 nitrogen and oxygen atoms in total. The fraction of sp³-hybridized carbons (Fsp3) is 0.226.